The number of rotatable bonds is 0. The Bertz CT molecular complexity index is 360. The summed E-state index contributed by atoms with van der Waals surface area (Å²) in [4.78, 5) is 0. The summed E-state index contributed by atoms with van der Waals surface area (Å²) in [5.41, 5.74) is 0.0340. The molecule has 0 amide bonds. The van der Waals surface area contributed by atoms with E-state index < -0.39 is 11.7 Å². The molecule has 0 saturated carbocycles. The van der Waals surface area contributed by atoms with Crippen LogP contribution in [0.4, 0.5) is 24.5 Å². The van der Waals surface area contributed by atoms with Gasteiger partial charge in [0.15, 0.2) is 0 Å². The molecule has 2 rings (SSSR count). The van der Waals surface area contributed by atoms with Crippen molar-refractivity contribution in [3.63, 3.8) is 0 Å². The lowest BCUT2D eigenvalue weighted by atomic mass is 10.1. The lowest BCUT2D eigenvalue weighted by Crippen LogP contribution is -2.17. The maximum Gasteiger partial charge on any atom is 0.418 e. The highest BCUT2D eigenvalue weighted by Gasteiger charge is 2.36. The van der Waals surface area contributed by atoms with Crippen LogP contribution >= 0.6 is 0 Å². The predicted molar refractivity (Wildman–Crippen MR) is 48.2 cm³/mol. The minimum Gasteiger partial charge on any atom is -0.364 e. The first kappa shape index (κ1) is 9.18. The van der Waals surface area contributed by atoms with Gasteiger partial charge in [0, 0.05) is 0 Å². The van der Waals surface area contributed by atoms with E-state index in [1.807, 2.05) is 0 Å². The number of anilines is 2. The highest BCUT2D eigenvalue weighted by atomic mass is 19.4. The van der Waals surface area contributed by atoms with Gasteiger partial charge in [0.1, 0.15) is 0 Å². The lowest BCUT2D eigenvalue weighted by molar-refractivity contribution is -0.136. The van der Waals surface area contributed by atoms with E-state index in [2.05, 4.69) is 10.6 Å². The third-order valence-electron chi connectivity index (χ3n) is 2.10. The second kappa shape index (κ2) is 2.80. The van der Waals surface area contributed by atoms with Crippen LogP contribution in [0.2, 0.25) is 0 Å². The molecule has 1 heterocycles. The van der Waals surface area contributed by atoms with Crippen molar-refractivity contribution >= 4 is 11.4 Å². The van der Waals surface area contributed by atoms with Crippen molar-refractivity contribution in [3.8, 4) is 0 Å². The normalized spacial score (nSPS) is 19.9. The van der Waals surface area contributed by atoms with Crippen molar-refractivity contribution < 1.29 is 13.2 Å². The molecule has 76 valence electrons. The Hall–Kier alpha value is -1.39. The van der Waals surface area contributed by atoms with Gasteiger partial charge >= 0.3 is 6.18 Å². The Morgan fingerprint density at radius 3 is 2.57 bits per heavy atom. The molecule has 14 heavy (non-hydrogen) atoms. The van der Waals surface area contributed by atoms with Gasteiger partial charge in [0.2, 0.25) is 0 Å². The van der Waals surface area contributed by atoms with Crippen LogP contribution in [0.5, 0.6) is 0 Å². The zero-order valence-electron chi connectivity index (χ0n) is 7.44. The Balaban J connectivity index is 2.50. The molecule has 0 spiro atoms. The van der Waals surface area contributed by atoms with Crippen molar-refractivity contribution in [1.82, 2.24) is 0 Å². The molecule has 1 atom stereocenters. The second-order valence-corrected chi connectivity index (χ2v) is 3.24. The van der Waals surface area contributed by atoms with E-state index in [0.29, 0.717) is 5.69 Å². The van der Waals surface area contributed by atoms with Gasteiger partial charge in [-0.1, -0.05) is 6.07 Å². The van der Waals surface area contributed by atoms with Crippen LogP contribution in [0, 0.1) is 0 Å². The topological polar surface area (TPSA) is 24.1 Å². The van der Waals surface area contributed by atoms with Crippen molar-refractivity contribution in [2.75, 3.05) is 10.6 Å². The minimum absolute atomic E-state index is 0.146. The average Bonchev–Trinajstić information content (AvgIpc) is 2.41. The van der Waals surface area contributed by atoms with E-state index in [-0.39, 0.29) is 11.9 Å². The Labute approximate surface area is 79.1 Å². The molecule has 0 aromatic heterocycles. The molecule has 0 bridgehead atoms. The summed E-state index contributed by atoms with van der Waals surface area (Å²) in [6.07, 6.45) is -4.46. The van der Waals surface area contributed by atoms with Crippen molar-refractivity contribution in [3.05, 3.63) is 23.8 Å². The van der Waals surface area contributed by atoms with Crippen LogP contribution in [-0.2, 0) is 6.18 Å². The summed E-state index contributed by atoms with van der Waals surface area (Å²) < 4.78 is 37.5. The molecular weight excluding hydrogens is 193 g/mol. The van der Waals surface area contributed by atoms with Gasteiger partial charge in [-0.25, -0.2) is 0 Å². The van der Waals surface area contributed by atoms with Crippen molar-refractivity contribution in [2.24, 2.45) is 0 Å². The first-order valence-electron chi connectivity index (χ1n) is 4.22. The SMILES string of the molecule is CC1Nc2cccc(C(F)(F)F)c2N1. The second-order valence-electron chi connectivity index (χ2n) is 3.24. The van der Waals surface area contributed by atoms with E-state index >= 15 is 0 Å². The first-order valence-corrected chi connectivity index (χ1v) is 4.22. The summed E-state index contributed by atoms with van der Waals surface area (Å²) in [7, 11) is 0. The summed E-state index contributed by atoms with van der Waals surface area (Å²) >= 11 is 0. The molecule has 0 saturated heterocycles. The zero-order valence-corrected chi connectivity index (χ0v) is 7.44. The monoisotopic (exact) mass is 202 g/mol. The summed E-state index contributed by atoms with van der Waals surface area (Å²) in [6, 6.07) is 4.10. The number of hydrogen-bond donors (Lipinski definition) is 2. The van der Waals surface area contributed by atoms with E-state index in [4.69, 9.17) is 0 Å². The van der Waals surface area contributed by atoms with Crippen molar-refractivity contribution in [1.29, 1.82) is 0 Å². The van der Waals surface area contributed by atoms with Crippen LogP contribution in [0.1, 0.15) is 12.5 Å². The highest BCUT2D eigenvalue weighted by Crippen LogP contribution is 2.41. The molecule has 5 heteroatoms. The van der Waals surface area contributed by atoms with Crippen LogP contribution in [-0.4, -0.2) is 6.17 Å². The van der Waals surface area contributed by atoms with E-state index in [9.17, 15) is 13.2 Å². The molecule has 1 aromatic carbocycles. The Morgan fingerprint density at radius 2 is 1.93 bits per heavy atom. The molecule has 1 aliphatic heterocycles. The summed E-state index contributed by atoms with van der Waals surface area (Å²) in [5.74, 6) is 0. The van der Waals surface area contributed by atoms with Crippen LogP contribution in [0.3, 0.4) is 0 Å². The van der Waals surface area contributed by atoms with Gasteiger partial charge < -0.3 is 10.6 Å². The Kier molecular flexibility index (Phi) is 1.83. The number of fused-ring (bicyclic) bond motifs is 1. The number of alkyl halides is 3. The quantitative estimate of drug-likeness (QED) is 0.675. The van der Waals surface area contributed by atoms with Gasteiger partial charge in [-0.3, -0.25) is 0 Å². The van der Waals surface area contributed by atoms with Gasteiger partial charge in [0.05, 0.1) is 23.1 Å². The van der Waals surface area contributed by atoms with Crippen molar-refractivity contribution in [2.45, 2.75) is 19.3 Å². The molecule has 1 unspecified atom stereocenters. The third-order valence-corrected chi connectivity index (χ3v) is 2.10. The maximum absolute atomic E-state index is 12.5. The molecule has 1 aromatic rings. The highest BCUT2D eigenvalue weighted by molar-refractivity contribution is 5.78. The van der Waals surface area contributed by atoms with E-state index in [1.165, 1.54) is 6.07 Å². The average molecular weight is 202 g/mol. The van der Waals surface area contributed by atoms with Gasteiger partial charge in [-0.05, 0) is 19.1 Å². The molecular formula is C9H9F3N2. The molecule has 0 radical (unpaired) electrons. The number of benzene rings is 1. The number of halogens is 3. The van der Waals surface area contributed by atoms with Gasteiger partial charge in [-0.15, -0.1) is 0 Å². The molecule has 1 aliphatic rings. The smallest absolute Gasteiger partial charge is 0.364 e. The van der Waals surface area contributed by atoms with E-state index in [0.717, 1.165) is 6.07 Å². The van der Waals surface area contributed by atoms with Gasteiger partial charge in [0.25, 0.3) is 0 Å². The largest absolute Gasteiger partial charge is 0.418 e. The summed E-state index contributed by atoms with van der Waals surface area (Å²) in [5, 5.41) is 5.64. The zero-order chi connectivity index (χ0) is 10.3. The first-order chi connectivity index (χ1) is 6.48. The van der Waals surface area contributed by atoms with Crippen LogP contribution in [0.15, 0.2) is 18.2 Å². The standard InChI is InChI=1S/C9H9F3N2/c1-5-13-7-4-2-3-6(8(7)14-5)9(10,11)12/h2-5,13-14H,1H3. The predicted octanol–water partition coefficient (Wildman–Crippen LogP) is 2.89. The summed E-state index contributed by atoms with van der Waals surface area (Å²) in [6.45, 7) is 1.76. The fraction of sp³-hybridized carbons (Fsp3) is 0.333. The number of para-hydroxylation sites is 1. The lowest BCUT2D eigenvalue weighted by Gasteiger charge is -2.11. The molecule has 2 nitrogen and oxygen atoms in total. The third kappa shape index (κ3) is 1.38. The molecule has 0 fully saturated rings. The van der Waals surface area contributed by atoms with Crippen LogP contribution < -0.4 is 10.6 Å². The maximum atomic E-state index is 12.5. The minimum atomic E-state index is -4.30. The fourth-order valence-electron chi connectivity index (χ4n) is 1.55. The van der Waals surface area contributed by atoms with Gasteiger partial charge in [-0.2, -0.15) is 13.2 Å². The fourth-order valence-corrected chi connectivity index (χ4v) is 1.55. The number of hydrogen-bond acceptors (Lipinski definition) is 2. The Morgan fingerprint density at radius 1 is 1.21 bits per heavy atom. The van der Waals surface area contributed by atoms with Crippen LogP contribution in [0.25, 0.3) is 0 Å². The number of nitrogens with one attached hydrogen (secondary N) is 2. The molecule has 2 N–H and O–H groups in total. The molecule has 0 aliphatic carbocycles. The van der Waals surface area contributed by atoms with E-state index in [1.54, 1.807) is 13.0 Å².